The van der Waals surface area contributed by atoms with Gasteiger partial charge in [-0.15, -0.1) is 0 Å². The molecule has 0 aromatic heterocycles. The lowest BCUT2D eigenvalue weighted by Gasteiger charge is -2.21. The minimum Gasteiger partial charge on any atom is -0.462 e. The van der Waals surface area contributed by atoms with Crippen LogP contribution in [0.3, 0.4) is 0 Å². The van der Waals surface area contributed by atoms with Crippen molar-refractivity contribution in [3.05, 3.63) is 0 Å². The number of esters is 4. The number of rotatable bonds is 77. The van der Waals surface area contributed by atoms with E-state index in [0.29, 0.717) is 25.7 Å². The van der Waals surface area contributed by atoms with Crippen LogP contribution in [0.1, 0.15) is 408 Å². The molecule has 0 heterocycles. The van der Waals surface area contributed by atoms with Gasteiger partial charge in [-0.05, 0) is 43.4 Å². The maximum atomic E-state index is 13.1. The molecule has 0 spiro atoms. The molecule has 0 aromatic rings. The van der Waals surface area contributed by atoms with Crippen LogP contribution in [0.2, 0.25) is 0 Å². The molecule has 17 nitrogen and oxygen atoms in total. The van der Waals surface area contributed by atoms with Crippen molar-refractivity contribution in [2.45, 2.75) is 426 Å². The first-order valence-corrected chi connectivity index (χ1v) is 43.9. The summed E-state index contributed by atoms with van der Waals surface area (Å²) in [5.41, 5.74) is 0. The molecule has 98 heavy (non-hydrogen) atoms. The van der Waals surface area contributed by atoms with Crippen LogP contribution < -0.4 is 0 Å². The number of carbonyl (C=O) groups is 4. The van der Waals surface area contributed by atoms with Gasteiger partial charge >= 0.3 is 39.5 Å². The lowest BCUT2D eigenvalue weighted by atomic mass is 9.99. The number of unbranched alkanes of at least 4 members (excludes halogenated alkanes) is 43. The Hall–Kier alpha value is -1.94. The molecule has 0 radical (unpaired) electrons. The highest BCUT2D eigenvalue weighted by Gasteiger charge is 2.30. The second-order valence-corrected chi connectivity index (χ2v) is 32.3. The Morgan fingerprint density at radius 3 is 0.776 bits per heavy atom. The average Bonchev–Trinajstić information content (AvgIpc) is 1.07. The predicted octanol–water partition coefficient (Wildman–Crippen LogP) is 23.4. The van der Waals surface area contributed by atoms with E-state index in [1.54, 1.807) is 0 Å². The van der Waals surface area contributed by atoms with Crippen molar-refractivity contribution in [1.29, 1.82) is 0 Å². The van der Waals surface area contributed by atoms with Crippen molar-refractivity contribution in [1.82, 2.24) is 0 Å². The molecule has 0 aliphatic carbocycles. The monoisotopic (exact) mass is 1440 g/mol. The second-order valence-electron chi connectivity index (χ2n) is 29.4. The summed E-state index contributed by atoms with van der Waals surface area (Å²) >= 11 is 0. The number of phosphoric ester groups is 2. The van der Waals surface area contributed by atoms with E-state index in [9.17, 15) is 43.2 Å². The van der Waals surface area contributed by atoms with Gasteiger partial charge in [0.05, 0.1) is 26.4 Å². The standard InChI is InChI=1S/C79H154O17P2/c1-8-11-12-13-14-15-16-23-27-34-39-48-55-62-79(84)96-75(67-90-77(82)61-54-47-42-41-45-52-59-72(7)10-3)69-94-98(87,88)92-65-73(80)64-91-97(85,86)93-68-74(66-89-76(81)60-53-46-38-33-30-29-32-37-44-51-58-71(6)9-2)95-78(83)63-56-49-40-35-28-25-22-20-18-17-19-21-24-26-31-36-43-50-57-70(4)5/h70-75,80H,8-69H2,1-7H3,(H,85,86)(H,87,88)/t71?,72?,73-,74-,75-/m1/s1. The number of phosphoric acid groups is 2. The van der Waals surface area contributed by atoms with Crippen molar-refractivity contribution in [2.75, 3.05) is 39.6 Å². The normalized spacial score (nSPS) is 14.6. The van der Waals surface area contributed by atoms with Crippen LogP contribution in [0.4, 0.5) is 0 Å². The fourth-order valence-electron chi connectivity index (χ4n) is 12.1. The Labute approximate surface area is 600 Å². The minimum absolute atomic E-state index is 0.107. The minimum atomic E-state index is -4.96. The van der Waals surface area contributed by atoms with E-state index in [1.807, 2.05) is 0 Å². The molecule has 3 N–H and O–H groups in total. The summed E-state index contributed by atoms with van der Waals surface area (Å²) in [4.78, 5) is 72.9. The Morgan fingerprint density at radius 1 is 0.296 bits per heavy atom. The van der Waals surface area contributed by atoms with E-state index in [4.69, 9.17) is 37.0 Å². The fraction of sp³-hybridized carbons (Fsp3) is 0.949. The smallest absolute Gasteiger partial charge is 0.462 e. The molecule has 0 fully saturated rings. The summed E-state index contributed by atoms with van der Waals surface area (Å²) in [6, 6.07) is 0. The average molecular weight is 1440 g/mol. The Kier molecular flexibility index (Phi) is 68.1. The number of hydrogen-bond acceptors (Lipinski definition) is 15. The molecule has 0 aromatic carbocycles. The highest BCUT2D eigenvalue weighted by atomic mass is 31.2. The zero-order valence-corrected chi connectivity index (χ0v) is 66.0. The molecule has 0 rings (SSSR count). The van der Waals surface area contributed by atoms with Gasteiger partial charge in [-0.1, -0.05) is 357 Å². The zero-order chi connectivity index (χ0) is 72.3. The van der Waals surface area contributed by atoms with Crippen LogP contribution in [-0.4, -0.2) is 96.7 Å². The van der Waals surface area contributed by atoms with E-state index in [-0.39, 0.29) is 25.7 Å². The van der Waals surface area contributed by atoms with Gasteiger partial charge in [-0.3, -0.25) is 37.3 Å². The van der Waals surface area contributed by atoms with Gasteiger partial charge in [0.15, 0.2) is 12.2 Å². The van der Waals surface area contributed by atoms with Crippen LogP contribution in [0.5, 0.6) is 0 Å². The largest absolute Gasteiger partial charge is 0.472 e. The molecule has 7 atom stereocenters. The van der Waals surface area contributed by atoms with E-state index < -0.39 is 97.5 Å². The number of carbonyl (C=O) groups excluding carboxylic acids is 4. The molecule has 0 amide bonds. The molecular formula is C79H154O17P2. The number of aliphatic hydroxyl groups is 1. The molecular weight excluding hydrogens is 1280 g/mol. The Morgan fingerprint density at radius 2 is 0.520 bits per heavy atom. The lowest BCUT2D eigenvalue weighted by Crippen LogP contribution is -2.30. The third kappa shape index (κ3) is 69.8. The maximum absolute atomic E-state index is 13.1. The van der Waals surface area contributed by atoms with Crippen molar-refractivity contribution >= 4 is 39.5 Å². The van der Waals surface area contributed by atoms with E-state index in [1.165, 1.54) is 212 Å². The van der Waals surface area contributed by atoms with Gasteiger partial charge in [-0.25, -0.2) is 9.13 Å². The van der Waals surface area contributed by atoms with Crippen LogP contribution >= 0.6 is 15.6 Å². The summed E-state index contributed by atoms with van der Waals surface area (Å²) in [6.45, 7) is 11.9. The molecule has 0 saturated heterocycles. The van der Waals surface area contributed by atoms with Gasteiger partial charge < -0.3 is 33.8 Å². The van der Waals surface area contributed by atoms with Crippen LogP contribution in [0.15, 0.2) is 0 Å². The van der Waals surface area contributed by atoms with Gasteiger partial charge in [0.2, 0.25) is 0 Å². The summed E-state index contributed by atoms with van der Waals surface area (Å²) in [5, 5.41) is 10.6. The van der Waals surface area contributed by atoms with Crippen molar-refractivity contribution < 1.29 is 80.2 Å². The fourth-order valence-corrected chi connectivity index (χ4v) is 13.6. The predicted molar refractivity (Wildman–Crippen MR) is 400 cm³/mol. The molecule has 0 saturated carbocycles. The van der Waals surface area contributed by atoms with E-state index in [0.717, 1.165) is 114 Å². The highest BCUT2D eigenvalue weighted by Crippen LogP contribution is 2.45. The van der Waals surface area contributed by atoms with Gasteiger partial charge in [0.1, 0.15) is 19.3 Å². The van der Waals surface area contributed by atoms with Gasteiger partial charge in [0.25, 0.3) is 0 Å². The lowest BCUT2D eigenvalue weighted by molar-refractivity contribution is -0.161. The molecule has 0 aliphatic heterocycles. The molecule has 582 valence electrons. The first kappa shape index (κ1) is 96.1. The maximum Gasteiger partial charge on any atom is 0.472 e. The summed E-state index contributed by atoms with van der Waals surface area (Å²) in [6.07, 6.45) is 56.8. The van der Waals surface area contributed by atoms with E-state index in [2.05, 4.69) is 48.5 Å². The Balaban J connectivity index is 5.22. The third-order valence-electron chi connectivity index (χ3n) is 19.1. The first-order chi connectivity index (χ1) is 47.3. The topological polar surface area (TPSA) is 237 Å². The Bertz CT molecular complexity index is 1910. The van der Waals surface area contributed by atoms with Crippen LogP contribution in [-0.2, 0) is 65.4 Å². The summed E-state index contributed by atoms with van der Waals surface area (Å²) in [7, 11) is -9.92. The molecule has 4 unspecified atom stereocenters. The zero-order valence-electron chi connectivity index (χ0n) is 64.3. The van der Waals surface area contributed by atoms with Gasteiger partial charge in [0, 0.05) is 25.7 Å². The van der Waals surface area contributed by atoms with Crippen LogP contribution in [0, 0.1) is 17.8 Å². The third-order valence-corrected chi connectivity index (χ3v) is 21.0. The highest BCUT2D eigenvalue weighted by molar-refractivity contribution is 7.47. The second kappa shape index (κ2) is 69.4. The SMILES string of the molecule is CCCCCCCCCCCCCCCC(=O)O[C@H](COC(=O)CCCCCCCCC(C)CC)COP(=O)(O)OC[C@H](O)COP(=O)(O)OC[C@@H](COC(=O)CCCCCCCCCCCCC(C)CC)OC(=O)CCCCCCCCCCCCCCCCCCCCC(C)C. The summed E-state index contributed by atoms with van der Waals surface area (Å²) in [5.74, 6) is 0.247. The first-order valence-electron chi connectivity index (χ1n) is 40.9. The van der Waals surface area contributed by atoms with E-state index >= 15 is 0 Å². The number of aliphatic hydroxyl groups excluding tert-OH is 1. The number of hydrogen-bond donors (Lipinski definition) is 3. The molecule has 19 heteroatoms. The van der Waals surface area contributed by atoms with Crippen molar-refractivity contribution in [3.8, 4) is 0 Å². The quantitative estimate of drug-likeness (QED) is 0.0222. The molecule has 0 aliphatic rings. The molecule has 0 bridgehead atoms. The van der Waals surface area contributed by atoms with Crippen molar-refractivity contribution in [3.63, 3.8) is 0 Å². The van der Waals surface area contributed by atoms with Crippen LogP contribution in [0.25, 0.3) is 0 Å². The number of ether oxygens (including phenoxy) is 4. The van der Waals surface area contributed by atoms with Crippen molar-refractivity contribution in [2.24, 2.45) is 17.8 Å². The van der Waals surface area contributed by atoms with Gasteiger partial charge in [-0.2, -0.15) is 0 Å². The summed E-state index contributed by atoms with van der Waals surface area (Å²) < 4.78 is 68.6.